The molecule has 2 aliphatic heterocycles. The highest BCUT2D eigenvalue weighted by molar-refractivity contribution is 5.92. The fraction of sp³-hybridized carbons (Fsp3) is 0.300. The molecule has 0 radical (unpaired) electrons. The number of nitrogens with zero attached hydrogens (tertiary/aromatic N) is 4. The van der Waals surface area contributed by atoms with E-state index < -0.39 is 12.2 Å². The molecule has 196 valence electrons. The quantitative estimate of drug-likeness (QED) is 0.549. The van der Waals surface area contributed by atoms with Gasteiger partial charge < -0.3 is 15.1 Å². The van der Waals surface area contributed by atoms with Crippen LogP contribution in [0.15, 0.2) is 91.0 Å². The second-order valence-electron chi connectivity index (χ2n) is 9.95. The number of fused-ring (bicyclic) bond motifs is 1. The lowest BCUT2D eigenvalue weighted by atomic mass is 9.96. The number of benzene rings is 3. The molecule has 3 aromatic carbocycles. The van der Waals surface area contributed by atoms with Gasteiger partial charge in [0.25, 0.3) is 0 Å². The van der Waals surface area contributed by atoms with Gasteiger partial charge in [-0.2, -0.15) is 0 Å². The molecule has 2 fully saturated rings. The highest BCUT2D eigenvalue weighted by Gasteiger charge is 2.51. The van der Waals surface area contributed by atoms with E-state index in [2.05, 4.69) is 24.4 Å². The Kier molecular flexibility index (Phi) is 7.42. The predicted octanol–water partition coefficient (Wildman–Crippen LogP) is 3.60. The Balaban J connectivity index is 1.46. The molecule has 3 aromatic rings. The minimum absolute atomic E-state index is 0.00624. The van der Waals surface area contributed by atoms with E-state index in [1.807, 2.05) is 78.9 Å². The number of carbonyl (C=O) groups is 3. The first-order valence-corrected chi connectivity index (χ1v) is 13.0. The first-order valence-electron chi connectivity index (χ1n) is 13.0. The van der Waals surface area contributed by atoms with Gasteiger partial charge in [0, 0.05) is 20.1 Å². The first-order chi connectivity index (χ1) is 18.4. The largest absolute Gasteiger partial charge is 0.336 e. The zero-order valence-corrected chi connectivity index (χ0v) is 21.7. The standard InChI is InChI=1S/C30H33N5O3/c1-22(24-14-8-4-9-15-24)19-33-20-26-34(28(29(33)37)25-16-10-5-11-17-25)27(36)21-32(2)35(26)30(38)31-18-23-12-6-3-7-13-23/h3-17,22,26,28H,18-21H2,1-2H3,(H,31,38)/t22?,26-,28-/m0/s1. The molecule has 4 amide bonds. The summed E-state index contributed by atoms with van der Waals surface area (Å²) >= 11 is 0. The van der Waals surface area contributed by atoms with Crippen molar-refractivity contribution in [2.45, 2.75) is 31.6 Å². The fourth-order valence-electron chi connectivity index (χ4n) is 5.39. The van der Waals surface area contributed by atoms with Gasteiger partial charge in [0.2, 0.25) is 11.8 Å². The zero-order chi connectivity index (χ0) is 26.6. The van der Waals surface area contributed by atoms with E-state index >= 15 is 0 Å². The van der Waals surface area contributed by atoms with Crippen LogP contribution in [0.25, 0.3) is 0 Å². The SMILES string of the molecule is CC(CN1C[C@H]2N(C(=O)CN(C)N2C(=O)NCc2ccccc2)[C@@H](c2ccccc2)C1=O)c1ccccc1. The maximum Gasteiger partial charge on any atom is 0.334 e. The molecule has 0 aliphatic carbocycles. The Morgan fingerprint density at radius 2 is 1.53 bits per heavy atom. The third kappa shape index (κ3) is 5.13. The number of urea groups is 1. The second-order valence-corrected chi connectivity index (χ2v) is 9.95. The average Bonchev–Trinajstić information content (AvgIpc) is 2.94. The molecule has 0 aromatic heterocycles. The Labute approximate surface area is 223 Å². The lowest BCUT2D eigenvalue weighted by molar-refractivity contribution is -0.187. The molecule has 1 N–H and O–H groups in total. The van der Waals surface area contributed by atoms with Gasteiger partial charge in [-0.25, -0.2) is 14.8 Å². The Bertz CT molecular complexity index is 1270. The van der Waals surface area contributed by atoms with E-state index in [1.54, 1.807) is 26.9 Å². The van der Waals surface area contributed by atoms with Crippen molar-refractivity contribution in [3.8, 4) is 0 Å². The summed E-state index contributed by atoms with van der Waals surface area (Å²) < 4.78 is 0. The first kappa shape index (κ1) is 25.5. The molecule has 2 saturated heterocycles. The van der Waals surface area contributed by atoms with Crippen LogP contribution in [-0.2, 0) is 16.1 Å². The summed E-state index contributed by atoms with van der Waals surface area (Å²) in [6.45, 7) is 3.17. The van der Waals surface area contributed by atoms with E-state index in [0.717, 1.165) is 16.7 Å². The zero-order valence-electron chi connectivity index (χ0n) is 21.7. The molecule has 0 saturated carbocycles. The van der Waals surface area contributed by atoms with Crippen LogP contribution in [0.3, 0.4) is 0 Å². The third-order valence-electron chi connectivity index (χ3n) is 7.30. The minimum Gasteiger partial charge on any atom is -0.336 e. The number of piperazine rings is 1. The molecule has 5 rings (SSSR count). The Morgan fingerprint density at radius 3 is 2.18 bits per heavy atom. The van der Waals surface area contributed by atoms with Crippen molar-refractivity contribution in [3.05, 3.63) is 108 Å². The van der Waals surface area contributed by atoms with Gasteiger partial charge in [-0.05, 0) is 22.6 Å². The van der Waals surface area contributed by atoms with Crippen LogP contribution >= 0.6 is 0 Å². The monoisotopic (exact) mass is 511 g/mol. The molecule has 3 atom stereocenters. The number of nitrogens with one attached hydrogen (secondary N) is 1. The van der Waals surface area contributed by atoms with E-state index in [0.29, 0.717) is 13.1 Å². The lowest BCUT2D eigenvalue weighted by Gasteiger charge is -2.54. The maximum absolute atomic E-state index is 14.0. The van der Waals surface area contributed by atoms with Crippen molar-refractivity contribution < 1.29 is 14.4 Å². The summed E-state index contributed by atoms with van der Waals surface area (Å²) in [5.41, 5.74) is 2.85. The molecule has 2 aliphatic rings. The highest BCUT2D eigenvalue weighted by atomic mass is 16.2. The number of hydrogen-bond donors (Lipinski definition) is 1. The number of carbonyl (C=O) groups excluding carboxylic acids is 3. The third-order valence-corrected chi connectivity index (χ3v) is 7.30. The summed E-state index contributed by atoms with van der Waals surface area (Å²) in [5.74, 6) is -0.221. The maximum atomic E-state index is 14.0. The van der Waals surface area contributed by atoms with Crippen molar-refractivity contribution in [2.24, 2.45) is 0 Å². The van der Waals surface area contributed by atoms with Crippen LogP contribution in [0, 0.1) is 0 Å². The van der Waals surface area contributed by atoms with E-state index in [4.69, 9.17) is 0 Å². The summed E-state index contributed by atoms with van der Waals surface area (Å²) in [6.07, 6.45) is -0.636. The van der Waals surface area contributed by atoms with Gasteiger partial charge in [-0.1, -0.05) is 97.9 Å². The average molecular weight is 512 g/mol. The summed E-state index contributed by atoms with van der Waals surface area (Å²) in [4.78, 5) is 44.3. The Morgan fingerprint density at radius 1 is 0.921 bits per heavy atom. The molecule has 0 spiro atoms. The fourth-order valence-corrected chi connectivity index (χ4v) is 5.39. The van der Waals surface area contributed by atoms with Crippen molar-refractivity contribution in [3.63, 3.8) is 0 Å². The van der Waals surface area contributed by atoms with Crippen molar-refractivity contribution in [1.82, 2.24) is 25.1 Å². The van der Waals surface area contributed by atoms with E-state index in [9.17, 15) is 14.4 Å². The van der Waals surface area contributed by atoms with E-state index in [1.165, 1.54) is 0 Å². The summed E-state index contributed by atoms with van der Waals surface area (Å²) in [7, 11) is 1.74. The normalized spacial score (nSPS) is 20.7. The predicted molar refractivity (Wildman–Crippen MR) is 144 cm³/mol. The number of hydrazine groups is 1. The molecular formula is C30H33N5O3. The van der Waals surface area contributed by atoms with E-state index in [-0.39, 0.29) is 36.9 Å². The highest BCUT2D eigenvalue weighted by Crippen LogP contribution is 2.35. The van der Waals surface area contributed by atoms with Crippen molar-refractivity contribution >= 4 is 17.8 Å². The molecule has 2 heterocycles. The van der Waals surface area contributed by atoms with Gasteiger partial charge in [-0.15, -0.1) is 0 Å². The van der Waals surface area contributed by atoms with Crippen LogP contribution < -0.4 is 5.32 Å². The van der Waals surface area contributed by atoms with Gasteiger partial charge in [0.15, 0.2) is 0 Å². The van der Waals surface area contributed by atoms with Crippen molar-refractivity contribution in [2.75, 3.05) is 26.7 Å². The number of likely N-dealkylation sites (N-methyl/N-ethyl adjacent to an activating group) is 1. The van der Waals surface area contributed by atoms with Crippen LogP contribution in [0.1, 0.15) is 35.6 Å². The molecule has 8 heteroatoms. The molecule has 1 unspecified atom stereocenters. The molecule has 0 bridgehead atoms. The van der Waals surface area contributed by atoms with Crippen LogP contribution in [0.5, 0.6) is 0 Å². The van der Waals surface area contributed by atoms with Crippen LogP contribution in [0.4, 0.5) is 4.79 Å². The topological polar surface area (TPSA) is 76.2 Å². The van der Waals surface area contributed by atoms with Gasteiger partial charge in [0.05, 0.1) is 13.1 Å². The second kappa shape index (κ2) is 11.1. The lowest BCUT2D eigenvalue weighted by Crippen LogP contribution is -2.73. The molecule has 38 heavy (non-hydrogen) atoms. The number of rotatable bonds is 6. The smallest absolute Gasteiger partial charge is 0.334 e. The molecular weight excluding hydrogens is 478 g/mol. The number of hydrogen-bond acceptors (Lipinski definition) is 4. The van der Waals surface area contributed by atoms with Gasteiger partial charge >= 0.3 is 6.03 Å². The number of amides is 4. The molecule has 8 nitrogen and oxygen atoms in total. The Hall–Kier alpha value is -4.17. The summed E-state index contributed by atoms with van der Waals surface area (Å²) in [6, 6.07) is 28.0. The van der Waals surface area contributed by atoms with Crippen LogP contribution in [0.2, 0.25) is 0 Å². The summed E-state index contributed by atoms with van der Waals surface area (Å²) in [5, 5.41) is 6.24. The van der Waals surface area contributed by atoms with Crippen molar-refractivity contribution in [1.29, 1.82) is 0 Å². The van der Waals surface area contributed by atoms with Gasteiger partial charge in [0.1, 0.15) is 12.2 Å². The van der Waals surface area contributed by atoms with Crippen LogP contribution in [-0.4, -0.2) is 70.5 Å². The minimum atomic E-state index is -0.802. The van der Waals surface area contributed by atoms with Gasteiger partial charge in [-0.3, -0.25) is 9.59 Å².